The highest BCUT2D eigenvalue weighted by Gasteiger charge is 2.28. The molecule has 1 aromatic rings. The van der Waals surface area contributed by atoms with E-state index in [0.717, 1.165) is 5.76 Å². The van der Waals surface area contributed by atoms with E-state index in [2.05, 4.69) is 4.74 Å². The first-order chi connectivity index (χ1) is 9.60. The number of amides is 1. The van der Waals surface area contributed by atoms with Crippen molar-refractivity contribution in [1.82, 2.24) is 4.90 Å². The summed E-state index contributed by atoms with van der Waals surface area (Å²) in [6.07, 6.45) is 2.33. The van der Waals surface area contributed by atoms with Gasteiger partial charge < -0.3 is 18.8 Å². The fourth-order valence-corrected chi connectivity index (χ4v) is 1.93. The predicted octanol–water partition coefficient (Wildman–Crippen LogP) is 1.00. The number of morpholine rings is 1. The summed E-state index contributed by atoms with van der Waals surface area (Å²) in [5.74, 6) is 0.757. The minimum absolute atomic E-state index is 0.184. The lowest BCUT2D eigenvalue weighted by Crippen LogP contribution is -2.48. The molecule has 1 aromatic heterocycles. The third-order valence-corrected chi connectivity index (χ3v) is 2.99. The van der Waals surface area contributed by atoms with E-state index < -0.39 is 12.1 Å². The monoisotopic (exact) mass is 279 g/mol. The SMILES string of the molecule is COC(=O)C1CN(C(=O)/C=C/c2ccc(C)o2)CCO1. The summed E-state index contributed by atoms with van der Waals surface area (Å²) in [6, 6.07) is 3.61. The van der Waals surface area contributed by atoms with Crippen LogP contribution in [-0.4, -0.2) is 49.7 Å². The lowest BCUT2D eigenvalue weighted by atomic mass is 10.2. The van der Waals surface area contributed by atoms with E-state index in [1.54, 1.807) is 17.0 Å². The fraction of sp³-hybridized carbons (Fsp3) is 0.429. The zero-order chi connectivity index (χ0) is 14.5. The maximum absolute atomic E-state index is 12.0. The Labute approximate surface area is 116 Å². The first-order valence-electron chi connectivity index (χ1n) is 6.33. The molecule has 1 fully saturated rings. The smallest absolute Gasteiger partial charge is 0.336 e. The van der Waals surface area contributed by atoms with Crippen LogP contribution in [0.25, 0.3) is 6.08 Å². The molecule has 20 heavy (non-hydrogen) atoms. The topological polar surface area (TPSA) is 69.0 Å². The Balaban J connectivity index is 1.95. The molecular formula is C14H17NO5. The van der Waals surface area contributed by atoms with Gasteiger partial charge in [-0.2, -0.15) is 0 Å². The summed E-state index contributed by atoms with van der Waals surface area (Å²) in [6.45, 7) is 2.81. The Morgan fingerprint density at radius 1 is 1.45 bits per heavy atom. The molecule has 2 heterocycles. The molecule has 6 heteroatoms. The van der Waals surface area contributed by atoms with Crippen LogP contribution in [0.4, 0.5) is 0 Å². The average Bonchev–Trinajstić information content (AvgIpc) is 2.89. The zero-order valence-electron chi connectivity index (χ0n) is 11.5. The van der Waals surface area contributed by atoms with Crippen LogP contribution in [0, 0.1) is 6.92 Å². The van der Waals surface area contributed by atoms with E-state index in [4.69, 9.17) is 9.15 Å². The van der Waals surface area contributed by atoms with Crippen molar-refractivity contribution >= 4 is 18.0 Å². The molecule has 0 spiro atoms. The van der Waals surface area contributed by atoms with Crippen molar-refractivity contribution in [2.75, 3.05) is 26.8 Å². The Morgan fingerprint density at radius 3 is 2.90 bits per heavy atom. The summed E-state index contributed by atoms with van der Waals surface area (Å²) in [7, 11) is 1.30. The molecule has 0 radical (unpaired) electrons. The molecule has 0 bridgehead atoms. The van der Waals surface area contributed by atoms with E-state index in [0.29, 0.717) is 18.9 Å². The van der Waals surface area contributed by atoms with Gasteiger partial charge in [0.1, 0.15) is 11.5 Å². The number of hydrogen-bond donors (Lipinski definition) is 0. The summed E-state index contributed by atoms with van der Waals surface area (Å²) in [5, 5.41) is 0. The van der Waals surface area contributed by atoms with Crippen LogP contribution in [0.2, 0.25) is 0 Å². The average molecular weight is 279 g/mol. The van der Waals surface area contributed by atoms with Crippen LogP contribution < -0.4 is 0 Å². The van der Waals surface area contributed by atoms with E-state index in [9.17, 15) is 9.59 Å². The molecule has 6 nitrogen and oxygen atoms in total. The molecule has 1 unspecified atom stereocenters. The van der Waals surface area contributed by atoms with Gasteiger partial charge in [0.05, 0.1) is 20.3 Å². The fourth-order valence-electron chi connectivity index (χ4n) is 1.93. The normalized spacial score (nSPS) is 19.3. The Morgan fingerprint density at radius 2 is 2.25 bits per heavy atom. The van der Waals surface area contributed by atoms with E-state index in [1.165, 1.54) is 13.2 Å². The lowest BCUT2D eigenvalue weighted by molar-refractivity contribution is -0.161. The molecule has 1 aliphatic heterocycles. The molecular weight excluding hydrogens is 262 g/mol. The molecule has 0 aliphatic carbocycles. The quantitative estimate of drug-likeness (QED) is 0.610. The van der Waals surface area contributed by atoms with Crippen molar-refractivity contribution in [3.05, 3.63) is 29.7 Å². The minimum Gasteiger partial charge on any atom is -0.467 e. The van der Waals surface area contributed by atoms with Gasteiger partial charge in [-0.25, -0.2) is 4.79 Å². The number of carbonyl (C=O) groups excluding carboxylic acids is 2. The van der Waals surface area contributed by atoms with Gasteiger partial charge in [-0.1, -0.05) is 0 Å². The first-order valence-corrected chi connectivity index (χ1v) is 6.33. The first kappa shape index (κ1) is 14.3. The van der Waals surface area contributed by atoms with Crippen LogP contribution in [0.5, 0.6) is 0 Å². The van der Waals surface area contributed by atoms with Gasteiger partial charge in [-0.15, -0.1) is 0 Å². The number of methoxy groups -OCH3 is 1. The van der Waals surface area contributed by atoms with Gasteiger partial charge in [0.25, 0.3) is 0 Å². The standard InChI is InChI=1S/C14H17NO5/c1-10-3-4-11(20-10)5-6-13(16)15-7-8-19-12(9-15)14(17)18-2/h3-6,12H,7-9H2,1-2H3/b6-5+. The van der Waals surface area contributed by atoms with Gasteiger partial charge in [-0.3, -0.25) is 4.79 Å². The number of carbonyl (C=O) groups is 2. The van der Waals surface area contributed by atoms with E-state index in [1.807, 2.05) is 13.0 Å². The zero-order valence-corrected chi connectivity index (χ0v) is 11.5. The van der Waals surface area contributed by atoms with Crippen molar-refractivity contribution in [1.29, 1.82) is 0 Å². The molecule has 1 saturated heterocycles. The lowest BCUT2D eigenvalue weighted by Gasteiger charge is -2.30. The highest BCUT2D eigenvalue weighted by molar-refractivity contribution is 5.92. The van der Waals surface area contributed by atoms with Gasteiger partial charge >= 0.3 is 5.97 Å². The summed E-state index contributed by atoms with van der Waals surface area (Å²) >= 11 is 0. The number of hydrogen-bond acceptors (Lipinski definition) is 5. The number of furan rings is 1. The predicted molar refractivity (Wildman–Crippen MR) is 70.8 cm³/mol. The van der Waals surface area contributed by atoms with Gasteiger partial charge in [0.2, 0.25) is 5.91 Å². The number of esters is 1. The van der Waals surface area contributed by atoms with Crippen LogP contribution in [0.1, 0.15) is 11.5 Å². The maximum atomic E-state index is 12.0. The molecule has 0 saturated carbocycles. The molecule has 0 aromatic carbocycles. The van der Waals surface area contributed by atoms with Crippen molar-refractivity contribution in [3.8, 4) is 0 Å². The van der Waals surface area contributed by atoms with Crippen molar-refractivity contribution in [3.63, 3.8) is 0 Å². The van der Waals surface area contributed by atoms with Crippen molar-refractivity contribution < 1.29 is 23.5 Å². The van der Waals surface area contributed by atoms with Gasteiger partial charge in [-0.05, 0) is 25.1 Å². The molecule has 1 amide bonds. The highest BCUT2D eigenvalue weighted by Crippen LogP contribution is 2.10. The Bertz CT molecular complexity index is 519. The van der Waals surface area contributed by atoms with Crippen LogP contribution in [0.3, 0.4) is 0 Å². The van der Waals surface area contributed by atoms with Crippen LogP contribution >= 0.6 is 0 Å². The molecule has 0 N–H and O–H groups in total. The number of aryl methyl sites for hydroxylation is 1. The highest BCUT2D eigenvalue weighted by atomic mass is 16.6. The van der Waals surface area contributed by atoms with Gasteiger partial charge in [0, 0.05) is 12.6 Å². The van der Waals surface area contributed by atoms with Crippen molar-refractivity contribution in [2.45, 2.75) is 13.0 Å². The van der Waals surface area contributed by atoms with E-state index >= 15 is 0 Å². The minimum atomic E-state index is -0.711. The van der Waals surface area contributed by atoms with Crippen LogP contribution in [-0.2, 0) is 19.1 Å². The summed E-state index contributed by atoms with van der Waals surface area (Å²) in [4.78, 5) is 25.0. The summed E-state index contributed by atoms with van der Waals surface area (Å²) in [5.41, 5.74) is 0. The van der Waals surface area contributed by atoms with Gasteiger partial charge in [0.15, 0.2) is 6.10 Å². The molecule has 1 atom stereocenters. The number of rotatable bonds is 3. The Hall–Kier alpha value is -2.08. The molecule has 2 rings (SSSR count). The third kappa shape index (κ3) is 3.48. The molecule has 1 aliphatic rings. The van der Waals surface area contributed by atoms with Crippen LogP contribution in [0.15, 0.2) is 22.6 Å². The number of nitrogens with zero attached hydrogens (tertiary/aromatic N) is 1. The Kier molecular flexibility index (Phi) is 4.57. The molecule has 108 valence electrons. The van der Waals surface area contributed by atoms with Crippen molar-refractivity contribution in [2.24, 2.45) is 0 Å². The summed E-state index contributed by atoms with van der Waals surface area (Å²) < 4.78 is 15.2. The number of ether oxygens (including phenoxy) is 2. The third-order valence-electron chi connectivity index (χ3n) is 2.99. The second kappa shape index (κ2) is 6.38. The largest absolute Gasteiger partial charge is 0.467 e. The van der Waals surface area contributed by atoms with E-state index in [-0.39, 0.29) is 12.5 Å². The second-order valence-electron chi connectivity index (χ2n) is 4.45. The maximum Gasteiger partial charge on any atom is 0.336 e. The second-order valence-corrected chi connectivity index (χ2v) is 4.45.